The molecule has 0 bridgehead atoms. The lowest BCUT2D eigenvalue weighted by atomic mass is 10.1. The van der Waals surface area contributed by atoms with Crippen molar-refractivity contribution in [2.24, 2.45) is 0 Å². The highest BCUT2D eigenvalue weighted by Crippen LogP contribution is 2.25. The average Bonchev–Trinajstić information content (AvgIpc) is 3.02. The molecule has 1 aromatic carbocycles. The number of nitrogens with one attached hydrogen (secondary N) is 2. The summed E-state index contributed by atoms with van der Waals surface area (Å²) in [6, 6.07) is 9.62. The van der Waals surface area contributed by atoms with Gasteiger partial charge in [0.2, 0.25) is 0 Å². The summed E-state index contributed by atoms with van der Waals surface area (Å²) in [4.78, 5) is 24.1. The van der Waals surface area contributed by atoms with E-state index in [1.807, 2.05) is 0 Å². The van der Waals surface area contributed by atoms with Gasteiger partial charge in [0.05, 0.1) is 6.61 Å². The van der Waals surface area contributed by atoms with E-state index < -0.39 is 37.1 Å². The van der Waals surface area contributed by atoms with Crippen LogP contribution in [0.2, 0.25) is 0 Å². The summed E-state index contributed by atoms with van der Waals surface area (Å²) < 4.78 is 6.93. The standard InChI is InChI=1S/C19H21N3O6/c1-20-17(26)11-4-6-13(7-5-11)21-18(27)12-3-2-8-22(9-12)19-16(25)15(24)14(10-23)28-19/h2-9,14-16,19,23-25H,10H2,1H3,(H-,20,21,26,27)/p+1/t14-,15-,16-,19-/m1/s1. The van der Waals surface area contributed by atoms with Crippen molar-refractivity contribution in [3.8, 4) is 0 Å². The van der Waals surface area contributed by atoms with Gasteiger partial charge in [0.25, 0.3) is 18.0 Å². The van der Waals surface area contributed by atoms with Gasteiger partial charge < -0.3 is 30.7 Å². The molecule has 0 saturated carbocycles. The van der Waals surface area contributed by atoms with E-state index >= 15 is 0 Å². The number of rotatable bonds is 5. The lowest BCUT2D eigenvalue weighted by Gasteiger charge is -2.11. The van der Waals surface area contributed by atoms with Gasteiger partial charge in [0, 0.05) is 24.4 Å². The maximum absolute atomic E-state index is 12.5. The fourth-order valence-corrected chi connectivity index (χ4v) is 2.96. The van der Waals surface area contributed by atoms with Crippen molar-refractivity contribution < 1.29 is 34.2 Å². The number of aliphatic hydroxyl groups excluding tert-OH is 3. The van der Waals surface area contributed by atoms with Gasteiger partial charge in [-0.25, -0.2) is 0 Å². The predicted molar refractivity (Wildman–Crippen MR) is 97.4 cm³/mol. The first kappa shape index (κ1) is 19.9. The Labute approximate surface area is 161 Å². The van der Waals surface area contributed by atoms with Crippen LogP contribution in [-0.2, 0) is 4.74 Å². The lowest BCUT2D eigenvalue weighted by molar-refractivity contribution is -0.765. The molecule has 2 aromatic rings. The second-order valence-corrected chi connectivity index (χ2v) is 6.38. The Morgan fingerprint density at radius 2 is 1.79 bits per heavy atom. The largest absolute Gasteiger partial charge is 0.394 e. The average molecular weight is 388 g/mol. The summed E-state index contributed by atoms with van der Waals surface area (Å²) in [5, 5.41) is 34.5. The van der Waals surface area contributed by atoms with Gasteiger partial charge in [-0.1, -0.05) is 0 Å². The SMILES string of the molecule is CNC(=O)c1ccc(NC(=O)c2ccc[n+]([C@@H]3O[C@H](CO)[C@@H](O)[C@H]3O)c2)cc1. The number of anilines is 1. The maximum atomic E-state index is 12.5. The molecule has 1 saturated heterocycles. The second-order valence-electron chi connectivity index (χ2n) is 6.38. The highest BCUT2D eigenvalue weighted by Gasteiger charge is 2.48. The van der Waals surface area contributed by atoms with Crippen molar-refractivity contribution in [2.75, 3.05) is 19.0 Å². The summed E-state index contributed by atoms with van der Waals surface area (Å²) in [5.74, 6) is -0.616. The fraction of sp³-hybridized carbons (Fsp3) is 0.316. The van der Waals surface area contributed by atoms with E-state index in [2.05, 4.69) is 10.6 Å². The van der Waals surface area contributed by atoms with Crippen LogP contribution in [0.4, 0.5) is 5.69 Å². The fourth-order valence-electron chi connectivity index (χ4n) is 2.96. The van der Waals surface area contributed by atoms with Gasteiger partial charge in [-0.15, -0.1) is 0 Å². The number of hydrogen-bond donors (Lipinski definition) is 5. The van der Waals surface area contributed by atoms with E-state index in [0.29, 0.717) is 16.8 Å². The Kier molecular flexibility index (Phi) is 6.00. The minimum atomic E-state index is -1.24. The van der Waals surface area contributed by atoms with Gasteiger partial charge >= 0.3 is 0 Å². The summed E-state index contributed by atoms with van der Waals surface area (Å²) in [6.45, 7) is -0.429. The number of aliphatic hydroxyl groups is 3. The van der Waals surface area contributed by atoms with E-state index in [1.165, 1.54) is 17.8 Å². The van der Waals surface area contributed by atoms with Gasteiger partial charge in [-0.2, -0.15) is 4.57 Å². The molecule has 0 radical (unpaired) electrons. The minimum absolute atomic E-state index is 0.222. The Morgan fingerprint density at radius 1 is 1.07 bits per heavy atom. The smallest absolute Gasteiger partial charge is 0.292 e. The van der Waals surface area contributed by atoms with Crippen LogP contribution in [-0.4, -0.2) is 59.1 Å². The molecule has 3 rings (SSSR count). The first-order chi connectivity index (χ1) is 13.4. The number of pyridine rings is 1. The van der Waals surface area contributed by atoms with Crippen molar-refractivity contribution in [3.63, 3.8) is 0 Å². The molecule has 5 N–H and O–H groups in total. The number of aromatic nitrogens is 1. The van der Waals surface area contributed by atoms with Gasteiger partial charge in [-0.05, 0) is 30.3 Å². The van der Waals surface area contributed by atoms with Crippen LogP contribution in [0.25, 0.3) is 0 Å². The Morgan fingerprint density at radius 3 is 2.39 bits per heavy atom. The van der Waals surface area contributed by atoms with E-state index in [4.69, 9.17) is 4.74 Å². The number of ether oxygens (including phenoxy) is 1. The molecule has 28 heavy (non-hydrogen) atoms. The number of carbonyl (C=O) groups is 2. The second kappa shape index (κ2) is 8.44. The van der Waals surface area contributed by atoms with Crippen molar-refractivity contribution in [3.05, 3.63) is 59.9 Å². The summed E-state index contributed by atoms with van der Waals surface area (Å²) in [6.07, 6.45) is -1.21. The quantitative estimate of drug-likeness (QED) is 0.426. The van der Waals surface area contributed by atoms with Crippen molar-refractivity contribution in [1.29, 1.82) is 0 Å². The van der Waals surface area contributed by atoms with Crippen LogP contribution >= 0.6 is 0 Å². The highest BCUT2D eigenvalue weighted by molar-refractivity contribution is 6.04. The summed E-state index contributed by atoms with van der Waals surface area (Å²) >= 11 is 0. The lowest BCUT2D eigenvalue weighted by Crippen LogP contribution is -2.46. The maximum Gasteiger partial charge on any atom is 0.292 e. The molecule has 2 amide bonds. The summed E-state index contributed by atoms with van der Waals surface area (Å²) in [5.41, 5.74) is 1.29. The summed E-state index contributed by atoms with van der Waals surface area (Å²) in [7, 11) is 1.54. The van der Waals surface area contributed by atoms with Crippen molar-refractivity contribution in [1.82, 2.24) is 5.32 Å². The highest BCUT2D eigenvalue weighted by atomic mass is 16.6. The molecule has 9 heteroatoms. The van der Waals surface area contributed by atoms with Crippen LogP contribution in [0.15, 0.2) is 48.8 Å². The molecule has 1 fully saturated rings. The third-order valence-corrected chi connectivity index (χ3v) is 4.53. The third-order valence-electron chi connectivity index (χ3n) is 4.53. The molecule has 1 aliphatic heterocycles. The number of benzene rings is 1. The topological polar surface area (TPSA) is 132 Å². The molecule has 0 aliphatic carbocycles. The van der Waals surface area contributed by atoms with Crippen LogP contribution < -0.4 is 15.2 Å². The molecule has 1 aromatic heterocycles. The zero-order valence-electron chi connectivity index (χ0n) is 15.1. The Balaban J connectivity index is 1.73. The van der Waals surface area contributed by atoms with Crippen LogP contribution in [0.3, 0.4) is 0 Å². The first-order valence-electron chi connectivity index (χ1n) is 8.71. The normalized spacial score (nSPS) is 24.0. The minimum Gasteiger partial charge on any atom is -0.394 e. The molecule has 1 aliphatic rings. The molecule has 148 valence electrons. The van der Waals surface area contributed by atoms with Crippen LogP contribution in [0.5, 0.6) is 0 Å². The molecule has 2 heterocycles. The van der Waals surface area contributed by atoms with Crippen molar-refractivity contribution in [2.45, 2.75) is 24.5 Å². The number of hydrogen-bond acceptors (Lipinski definition) is 6. The first-order valence-corrected chi connectivity index (χ1v) is 8.71. The molecular weight excluding hydrogens is 366 g/mol. The van der Waals surface area contributed by atoms with E-state index in [1.54, 1.807) is 42.6 Å². The van der Waals surface area contributed by atoms with Gasteiger partial charge in [-0.3, -0.25) is 9.59 Å². The predicted octanol–water partition coefficient (Wildman–Crippen LogP) is -0.802. The van der Waals surface area contributed by atoms with Crippen LogP contribution in [0, 0.1) is 0 Å². The van der Waals surface area contributed by atoms with E-state index in [9.17, 15) is 24.9 Å². The van der Waals surface area contributed by atoms with Crippen LogP contribution in [0.1, 0.15) is 26.9 Å². The number of carbonyl (C=O) groups excluding carboxylic acids is 2. The number of nitrogens with zero attached hydrogens (tertiary/aromatic N) is 1. The van der Waals surface area contributed by atoms with E-state index in [0.717, 1.165) is 0 Å². The zero-order valence-corrected chi connectivity index (χ0v) is 15.1. The Bertz CT molecular complexity index is 857. The monoisotopic (exact) mass is 388 g/mol. The van der Waals surface area contributed by atoms with Gasteiger partial charge in [0.1, 0.15) is 17.8 Å². The molecule has 0 spiro atoms. The van der Waals surface area contributed by atoms with Crippen molar-refractivity contribution >= 4 is 17.5 Å². The third kappa shape index (κ3) is 4.02. The van der Waals surface area contributed by atoms with E-state index in [-0.39, 0.29) is 5.91 Å². The molecule has 0 unspecified atom stereocenters. The molecule has 9 nitrogen and oxygen atoms in total. The Hall–Kier alpha value is -2.85. The number of amides is 2. The zero-order chi connectivity index (χ0) is 20.3. The van der Waals surface area contributed by atoms with Gasteiger partial charge in [0.15, 0.2) is 18.5 Å². The molecule has 4 atom stereocenters. The molecular formula is C19H22N3O6+.